The van der Waals surface area contributed by atoms with E-state index in [0.29, 0.717) is 29.6 Å². The fourth-order valence-electron chi connectivity index (χ4n) is 3.65. The van der Waals surface area contributed by atoms with Crippen molar-refractivity contribution in [3.63, 3.8) is 0 Å². The molecule has 1 fully saturated rings. The fraction of sp³-hybridized carbons (Fsp3) is 0.409. The molecular formula is C22H27ClN2O3. The number of aryl methyl sites for hydroxylation is 1. The molecule has 0 aliphatic carbocycles. The molecule has 1 amide bonds. The lowest BCUT2D eigenvalue weighted by Gasteiger charge is -2.24. The molecule has 1 aliphatic rings. The second-order valence-electron chi connectivity index (χ2n) is 6.98. The van der Waals surface area contributed by atoms with Crippen LogP contribution in [0.15, 0.2) is 36.4 Å². The van der Waals surface area contributed by atoms with Crippen molar-refractivity contribution in [2.24, 2.45) is 0 Å². The highest BCUT2D eigenvalue weighted by Crippen LogP contribution is 2.34. The van der Waals surface area contributed by atoms with Crippen molar-refractivity contribution < 1.29 is 14.3 Å². The third-order valence-electron chi connectivity index (χ3n) is 5.04. The molecule has 0 spiro atoms. The number of carbonyl (C=O) groups is 1. The highest BCUT2D eigenvalue weighted by atomic mass is 35.5. The maximum atomic E-state index is 12.7. The van der Waals surface area contributed by atoms with E-state index in [-0.39, 0.29) is 11.9 Å². The van der Waals surface area contributed by atoms with Gasteiger partial charge in [0.1, 0.15) is 11.5 Å². The Bertz CT molecular complexity index is 823. The Morgan fingerprint density at radius 3 is 2.71 bits per heavy atom. The maximum absolute atomic E-state index is 12.7. The van der Waals surface area contributed by atoms with E-state index >= 15 is 0 Å². The van der Waals surface area contributed by atoms with Crippen LogP contribution in [-0.4, -0.2) is 37.6 Å². The van der Waals surface area contributed by atoms with Crippen molar-refractivity contribution in [2.45, 2.75) is 32.7 Å². The standard InChI is InChI=1S/C22H27ClN2O3/c1-4-28-17-9-7-16(8-10-17)20-6-5-11-25(20)14-22(26)24-19-12-15(2)18(23)13-21(19)27-3/h7-10,12-13,20H,4-6,11,14H2,1-3H3,(H,24,26). The van der Waals surface area contributed by atoms with Crippen LogP contribution in [0, 0.1) is 6.92 Å². The molecule has 0 saturated carbocycles. The van der Waals surface area contributed by atoms with Gasteiger partial charge in [-0.3, -0.25) is 9.69 Å². The van der Waals surface area contributed by atoms with Gasteiger partial charge in [0.15, 0.2) is 0 Å². The van der Waals surface area contributed by atoms with Crippen LogP contribution in [0.1, 0.15) is 36.9 Å². The summed E-state index contributed by atoms with van der Waals surface area (Å²) in [7, 11) is 1.57. The number of carbonyl (C=O) groups excluding carboxylic acids is 1. The Hall–Kier alpha value is -2.24. The van der Waals surface area contributed by atoms with Gasteiger partial charge in [-0.25, -0.2) is 0 Å². The molecule has 6 heteroatoms. The average Bonchev–Trinajstić information content (AvgIpc) is 3.13. The number of anilines is 1. The number of rotatable bonds is 7. The normalized spacial score (nSPS) is 16.8. The summed E-state index contributed by atoms with van der Waals surface area (Å²) in [4.78, 5) is 14.9. The van der Waals surface area contributed by atoms with Crippen LogP contribution in [0.3, 0.4) is 0 Å². The Labute approximate surface area is 171 Å². The van der Waals surface area contributed by atoms with E-state index in [9.17, 15) is 4.79 Å². The van der Waals surface area contributed by atoms with Crippen LogP contribution in [0.4, 0.5) is 5.69 Å². The second kappa shape index (κ2) is 9.30. The summed E-state index contributed by atoms with van der Waals surface area (Å²) in [5.41, 5.74) is 2.76. The molecule has 1 saturated heterocycles. The van der Waals surface area contributed by atoms with Gasteiger partial charge in [-0.15, -0.1) is 0 Å². The number of hydrogen-bond donors (Lipinski definition) is 1. The lowest BCUT2D eigenvalue weighted by Crippen LogP contribution is -2.33. The lowest BCUT2D eigenvalue weighted by molar-refractivity contribution is -0.117. The van der Waals surface area contributed by atoms with Gasteiger partial charge in [-0.1, -0.05) is 23.7 Å². The zero-order chi connectivity index (χ0) is 20.1. The molecule has 3 rings (SSSR count). The third-order valence-corrected chi connectivity index (χ3v) is 5.45. The molecule has 2 aromatic rings. The molecule has 28 heavy (non-hydrogen) atoms. The molecule has 0 bridgehead atoms. The van der Waals surface area contributed by atoms with Gasteiger partial charge in [-0.2, -0.15) is 0 Å². The van der Waals surface area contributed by atoms with Gasteiger partial charge in [0.25, 0.3) is 0 Å². The zero-order valence-electron chi connectivity index (χ0n) is 16.6. The number of likely N-dealkylation sites (tertiary alicyclic amines) is 1. The highest BCUT2D eigenvalue weighted by Gasteiger charge is 2.27. The first kappa shape index (κ1) is 20.5. The summed E-state index contributed by atoms with van der Waals surface area (Å²) >= 11 is 6.15. The molecule has 150 valence electrons. The van der Waals surface area contributed by atoms with Crippen LogP contribution in [0.2, 0.25) is 5.02 Å². The second-order valence-corrected chi connectivity index (χ2v) is 7.39. The van der Waals surface area contributed by atoms with Gasteiger partial charge in [0, 0.05) is 17.1 Å². The Morgan fingerprint density at radius 1 is 1.29 bits per heavy atom. The number of methoxy groups -OCH3 is 1. The van der Waals surface area contributed by atoms with Crippen molar-refractivity contribution in [1.82, 2.24) is 4.90 Å². The summed E-state index contributed by atoms with van der Waals surface area (Å²) in [5, 5.41) is 3.59. The topological polar surface area (TPSA) is 50.8 Å². The maximum Gasteiger partial charge on any atom is 0.238 e. The fourth-order valence-corrected chi connectivity index (χ4v) is 3.80. The molecule has 1 atom stereocenters. The van der Waals surface area contributed by atoms with Crippen molar-refractivity contribution in [1.29, 1.82) is 0 Å². The minimum absolute atomic E-state index is 0.0575. The Balaban J connectivity index is 1.67. The first-order valence-electron chi connectivity index (χ1n) is 9.62. The number of nitrogens with one attached hydrogen (secondary N) is 1. The number of amides is 1. The zero-order valence-corrected chi connectivity index (χ0v) is 17.4. The first-order valence-corrected chi connectivity index (χ1v) is 10.0. The van der Waals surface area contributed by atoms with Crippen molar-refractivity contribution in [3.05, 3.63) is 52.5 Å². The molecule has 1 unspecified atom stereocenters. The molecule has 0 radical (unpaired) electrons. The summed E-state index contributed by atoms with van der Waals surface area (Å²) in [6.45, 7) is 5.77. The largest absolute Gasteiger partial charge is 0.495 e. The van der Waals surface area contributed by atoms with E-state index in [1.165, 1.54) is 5.56 Å². The predicted molar refractivity (Wildman–Crippen MR) is 113 cm³/mol. The van der Waals surface area contributed by atoms with E-state index in [2.05, 4.69) is 22.3 Å². The quantitative estimate of drug-likeness (QED) is 0.720. The van der Waals surface area contributed by atoms with Crippen LogP contribution < -0.4 is 14.8 Å². The van der Waals surface area contributed by atoms with E-state index in [0.717, 1.165) is 30.7 Å². The minimum Gasteiger partial charge on any atom is -0.495 e. The first-order chi connectivity index (χ1) is 13.5. The average molecular weight is 403 g/mol. The van der Waals surface area contributed by atoms with E-state index in [1.807, 2.05) is 32.0 Å². The SMILES string of the molecule is CCOc1ccc(C2CCCN2CC(=O)Nc2cc(C)c(Cl)cc2OC)cc1. The molecular weight excluding hydrogens is 376 g/mol. The number of benzene rings is 2. The molecule has 5 nitrogen and oxygen atoms in total. The summed E-state index contributed by atoms with van der Waals surface area (Å²) < 4.78 is 10.9. The minimum atomic E-state index is -0.0575. The van der Waals surface area contributed by atoms with E-state index in [4.69, 9.17) is 21.1 Å². The van der Waals surface area contributed by atoms with Gasteiger partial charge >= 0.3 is 0 Å². The van der Waals surface area contributed by atoms with Crippen molar-refractivity contribution in [2.75, 3.05) is 32.1 Å². The molecule has 1 aliphatic heterocycles. The molecule has 1 N–H and O–H groups in total. The lowest BCUT2D eigenvalue weighted by atomic mass is 10.0. The van der Waals surface area contributed by atoms with Crippen LogP contribution in [-0.2, 0) is 4.79 Å². The monoisotopic (exact) mass is 402 g/mol. The van der Waals surface area contributed by atoms with Gasteiger partial charge in [0.2, 0.25) is 5.91 Å². The van der Waals surface area contributed by atoms with Crippen LogP contribution >= 0.6 is 11.6 Å². The summed E-state index contributed by atoms with van der Waals surface area (Å²) in [5.74, 6) is 1.38. The Kier molecular flexibility index (Phi) is 6.81. The Morgan fingerprint density at radius 2 is 2.04 bits per heavy atom. The van der Waals surface area contributed by atoms with Gasteiger partial charge in [0.05, 0.1) is 25.9 Å². The summed E-state index contributed by atoms with van der Waals surface area (Å²) in [6.07, 6.45) is 2.12. The number of nitrogens with zero attached hydrogens (tertiary/aromatic N) is 1. The van der Waals surface area contributed by atoms with Crippen LogP contribution in [0.25, 0.3) is 0 Å². The molecule has 2 aromatic carbocycles. The molecule has 1 heterocycles. The summed E-state index contributed by atoms with van der Waals surface area (Å²) in [6, 6.07) is 12.0. The predicted octanol–water partition coefficient (Wildman–Crippen LogP) is 4.83. The smallest absolute Gasteiger partial charge is 0.238 e. The van der Waals surface area contributed by atoms with E-state index < -0.39 is 0 Å². The van der Waals surface area contributed by atoms with Crippen LogP contribution in [0.5, 0.6) is 11.5 Å². The highest BCUT2D eigenvalue weighted by molar-refractivity contribution is 6.31. The van der Waals surface area contributed by atoms with E-state index in [1.54, 1.807) is 13.2 Å². The van der Waals surface area contributed by atoms with Crippen molar-refractivity contribution >= 4 is 23.2 Å². The number of hydrogen-bond acceptors (Lipinski definition) is 4. The van der Waals surface area contributed by atoms with Gasteiger partial charge < -0.3 is 14.8 Å². The van der Waals surface area contributed by atoms with Crippen molar-refractivity contribution in [3.8, 4) is 11.5 Å². The van der Waals surface area contributed by atoms with Gasteiger partial charge in [-0.05, 0) is 62.6 Å². The number of ether oxygens (including phenoxy) is 2. The molecule has 0 aromatic heterocycles. The third kappa shape index (κ3) is 4.78. The number of halogens is 1.